The molecule has 8 heteroatoms. The van der Waals surface area contributed by atoms with Gasteiger partial charge in [0.2, 0.25) is 0 Å². The van der Waals surface area contributed by atoms with E-state index in [1.165, 1.54) is 27.7 Å². The number of amides is 1. The first-order chi connectivity index (χ1) is 13.8. The summed E-state index contributed by atoms with van der Waals surface area (Å²) in [5.74, 6) is 0.391. The Morgan fingerprint density at radius 1 is 1.03 bits per heavy atom. The van der Waals surface area contributed by atoms with Crippen LogP contribution in [0, 0.1) is 0 Å². The van der Waals surface area contributed by atoms with Crippen molar-refractivity contribution in [2.24, 2.45) is 0 Å². The minimum Gasteiger partial charge on any atom is -0.493 e. The lowest BCUT2D eigenvalue weighted by atomic mass is 9.96. The molecule has 0 saturated heterocycles. The van der Waals surface area contributed by atoms with Crippen LogP contribution in [0.1, 0.15) is 57.4 Å². The summed E-state index contributed by atoms with van der Waals surface area (Å²) in [4.78, 5) is 12.9. The molecular formula is C21H30N2O5S. The number of carbonyl (C=O) groups is 1. The molecule has 3 rings (SSSR count). The van der Waals surface area contributed by atoms with Gasteiger partial charge >= 0.3 is 0 Å². The number of nitrogens with one attached hydrogen (secondary N) is 1. The van der Waals surface area contributed by atoms with Crippen molar-refractivity contribution >= 4 is 27.2 Å². The van der Waals surface area contributed by atoms with E-state index < -0.39 is 15.9 Å². The maximum Gasteiger partial charge on any atom is 0.269 e. The summed E-state index contributed by atoms with van der Waals surface area (Å²) in [5.41, 5.74) is 1.52. The van der Waals surface area contributed by atoms with Gasteiger partial charge in [-0.1, -0.05) is 32.1 Å². The number of carbonyl (C=O) groups excluding carboxylic acids is 1. The van der Waals surface area contributed by atoms with E-state index in [0.717, 1.165) is 42.8 Å². The third kappa shape index (κ3) is 4.08. The van der Waals surface area contributed by atoms with E-state index in [9.17, 15) is 13.2 Å². The largest absolute Gasteiger partial charge is 0.493 e. The van der Waals surface area contributed by atoms with Crippen molar-refractivity contribution in [3.63, 3.8) is 0 Å². The van der Waals surface area contributed by atoms with Crippen LogP contribution in [0.4, 0.5) is 5.69 Å². The highest BCUT2D eigenvalue weighted by Crippen LogP contribution is 2.44. The third-order valence-electron chi connectivity index (χ3n) is 5.85. The van der Waals surface area contributed by atoms with Crippen molar-refractivity contribution < 1.29 is 22.7 Å². The number of rotatable bonds is 4. The van der Waals surface area contributed by atoms with Gasteiger partial charge in [0.15, 0.2) is 16.4 Å². The molecule has 160 valence electrons. The van der Waals surface area contributed by atoms with E-state index in [2.05, 4.69) is 5.32 Å². The number of hydrogen-bond donors (Lipinski definition) is 1. The molecule has 29 heavy (non-hydrogen) atoms. The highest BCUT2D eigenvalue weighted by Gasteiger charge is 2.39. The molecule has 0 aromatic heterocycles. The second-order valence-electron chi connectivity index (χ2n) is 7.67. The Morgan fingerprint density at radius 3 is 2.17 bits per heavy atom. The fraction of sp³-hybridized carbons (Fsp3) is 0.571. The minimum absolute atomic E-state index is 0.00964. The first-order valence-electron chi connectivity index (χ1n) is 10.1. The number of fused-ring (bicyclic) bond motifs is 1. The van der Waals surface area contributed by atoms with Crippen LogP contribution in [0.5, 0.6) is 11.5 Å². The normalized spacial score (nSPS) is 19.8. The summed E-state index contributed by atoms with van der Waals surface area (Å²) in [7, 11) is 0.504. The van der Waals surface area contributed by atoms with Gasteiger partial charge in [-0.05, 0) is 31.4 Å². The smallest absolute Gasteiger partial charge is 0.269 e. The van der Waals surface area contributed by atoms with Crippen LogP contribution in [0.3, 0.4) is 0 Å². The number of allylic oxidation sites excluding steroid dienone is 1. The van der Waals surface area contributed by atoms with Crippen LogP contribution in [0.25, 0.3) is 5.57 Å². The summed E-state index contributed by atoms with van der Waals surface area (Å²) in [6.07, 6.45) is 7.41. The Bertz CT molecular complexity index is 915. The first-order valence-corrected chi connectivity index (χ1v) is 11.5. The van der Waals surface area contributed by atoms with Gasteiger partial charge in [0.1, 0.15) is 0 Å². The van der Waals surface area contributed by atoms with Crippen molar-refractivity contribution in [2.45, 2.75) is 57.9 Å². The van der Waals surface area contributed by atoms with E-state index in [4.69, 9.17) is 9.47 Å². The van der Waals surface area contributed by atoms with Gasteiger partial charge in [-0.25, -0.2) is 8.42 Å². The van der Waals surface area contributed by atoms with Crippen molar-refractivity contribution in [1.29, 1.82) is 0 Å². The molecule has 1 aromatic rings. The molecular weight excluding hydrogens is 392 g/mol. The molecule has 1 amide bonds. The molecule has 1 N–H and O–H groups in total. The summed E-state index contributed by atoms with van der Waals surface area (Å²) in [5, 5.41) is 2.99. The second-order valence-corrected chi connectivity index (χ2v) is 9.57. The molecule has 1 fully saturated rings. The molecule has 7 nitrogen and oxygen atoms in total. The van der Waals surface area contributed by atoms with E-state index >= 15 is 0 Å². The number of anilines is 1. The summed E-state index contributed by atoms with van der Waals surface area (Å²) < 4.78 is 38.2. The number of methoxy groups -OCH3 is 2. The number of benzene rings is 1. The molecule has 0 radical (unpaired) electrons. The molecule has 0 unspecified atom stereocenters. The topological polar surface area (TPSA) is 84.9 Å². The van der Waals surface area contributed by atoms with Gasteiger partial charge < -0.3 is 14.8 Å². The van der Waals surface area contributed by atoms with Crippen LogP contribution in [0.15, 0.2) is 17.0 Å². The van der Waals surface area contributed by atoms with Crippen LogP contribution < -0.4 is 19.1 Å². The predicted octanol–water partition coefficient (Wildman–Crippen LogP) is 3.44. The van der Waals surface area contributed by atoms with Crippen molar-refractivity contribution in [2.75, 3.05) is 25.6 Å². The van der Waals surface area contributed by atoms with Gasteiger partial charge in [0.25, 0.3) is 15.9 Å². The van der Waals surface area contributed by atoms with Crippen molar-refractivity contribution in [3.05, 3.63) is 22.6 Å². The van der Waals surface area contributed by atoms with Gasteiger partial charge in [-0.2, -0.15) is 0 Å². The highest BCUT2D eigenvalue weighted by atomic mass is 32.2. The first kappa shape index (κ1) is 21.5. The van der Waals surface area contributed by atoms with Crippen LogP contribution in [-0.4, -0.2) is 41.6 Å². The SMILES string of the molecule is COc1cc2c(cc1OC)N(C)S(=O)(=O)C(C(=O)NC1CCCCCCC1)=C2C. The lowest BCUT2D eigenvalue weighted by Crippen LogP contribution is -2.42. The zero-order valence-corrected chi connectivity index (χ0v) is 18.4. The quantitative estimate of drug-likeness (QED) is 0.803. The van der Waals surface area contributed by atoms with Gasteiger partial charge in [0.05, 0.1) is 19.9 Å². The highest BCUT2D eigenvalue weighted by molar-refractivity contribution is 7.97. The molecule has 1 aliphatic heterocycles. The maximum atomic E-state index is 13.2. The average molecular weight is 423 g/mol. The molecule has 1 heterocycles. The third-order valence-corrected chi connectivity index (χ3v) is 7.78. The zero-order valence-electron chi connectivity index (χ0n) is 17.6. The van der Waals surface area contributed by atoms with E-state index in [-0.39, 0.29) is 10.9 Å². The molecule has 0 spiro atoms. The van der Waals surface area contributed by atoms with Gasteiger partial charge in [0, 0.05) is 24.7 Å². The standard InChI is InChI=1S/C21H30N2O5S/c1-14-16-12-18(27-3)19(28-4)13-17(16)23(2)29(25,26)20(14)21(24)22-15-10-8-6-5-7-9-11-15/h12-13,15H,5-11H2,1-4H3,(H,22,24). The van der Waals surface area contributed by atoms with Crippen molar-refractivity contribution in [3.8, 4) is 11.5 Å². The van der Waals surface area contributed by atoms with Crippen LogP contribution in [-0.2, 0) is 14.8 Å². The molecule has 2 aliphatic rings. The molecule has 1 saturated carbocycles. The number of ether oxygens (including phenoxy) is 2. The second kappa shape index (κ2) is 8.65. The van der Waals surface area contributed by atoms with E-state index in [1.54, 1.807) is 19.1 Å². The van der Waals surface area contributed by atoms with Crippen LogP contribution >= 0.6 is 0 Å². The number of sulfonamides is 1. The van der Waals surface area contributed by atoms with E-state index in [1.807, 2.05) is 0 Å². The Hall–Kier alpha value is -2.22. The Kier molecular flexibility index (Phi) is 6.41. The van der Waals surface area contributed by atoms with Crippen molar-refractivity contribution in [1.82, 2.24) is 5.32 Å². The minimum atomic E-state index is -3.97. The van der Waals surface area contributed by atoms with E-state index in [0.29, 0.717) is 28.3 Å². The van der Waals surface area contributed by atoms with Gasteiger partial charge in [-0.3, -0.25) is 9.10 Å². The lowest BCUT2D eigenvalue weighted by Gasteiger charge is -2.31. The summed E-state index contributed by atoms with van der Waals surface area (Å²) >= 11 is 0. The zero-order chi connectivity index (χ0) is 21.2. The fourth-order valence-corrected chi connectivity index (χ4v) is 5.62. The summed E-state index contributed by atoms with van der Waals surface area (Å²) in [6.45, 7) is 1.67. The van der Waals surface area contributed by atoms with Crippen LogP contribution in [0.2, 0.25) is 0 Å². The number of nitrogens with zero attached hydrogens (tertiary/aromatic N) is 1. The lowest BCUT2D eigenvalue weighted by molar-refractivity contribution is -0.117. The Labute approximate surface area is 173 Å². The molecule has 1 aromatic carbocycles. The fourth-order valence-electron chi connectivity index (χ4n) is 4.15. The molecule has 0 atom stereocenters. The summed E-state index contributed by atoms with van der Waals surface area (Å²) in [6, 6.07) is 3.35. The predicted molar refractivity (Wildman–Crippen MR) is 114 cm³/mol. The Morgan fingerprint density at radius 2 is 1.59 bits per heavy atom. The van der Waals surface area contributed by atoms with Gasteiger partial charge in [-0.15, -0.1) is 0 Å². The average Bonchev–Trinajstić information content (AvgIpc) is 2.67. The maximum absolute atomic E-state index is 13.2. The Balaban J connectivity index is 2.01. The number of hydrogen-bond acceptors (Lipinski definition) is 5. The molecule has 0 bridgehead atoms. The molecule has 1 aliphatic carbocycles. The monoisotopic (exact) mass is 422 g/mol.